The maximum Gasteiger partial charge on any atom is 0.161 e. The van der Waals surface area contributed by atoms with Crippen LogP contribution in [0.15, 0.2) is 54.6 Å². The average Bonchev–Trinajstić information content (AvgIpc) is 2.77. The summed E-state index contributed by atoms with van der Waals surface area (Å²) in [4.78, 5) is 2.66. The summed E-state index contributed by atoms with van der Waals surface area (Å²) >= 11 is 0. The van der Waals surface area contributed by atoms with Crippen LogP contribution in [0.5, 0.6) is 11.5 Å². The van der Waals surface area contributed by atoms with E-state index in [1.807, 2.05) is 0 Å². The molecule has 0 bridgehead atoms. The molecular formula is C25H31NO2. The van der Waals surface area contributed by atoms with Crippen LogP contribution in [0.4, 0.5) is 0 Å². The van der Waals surface area contributed by atoms with E-state index in [4.69, 9.17) is 9.47 Å². The van der Waals surface area contributed by atoms with Gasteiger partial charge in [-0.05, 0) is 73.4 Å². The van der Waals surface area contributed by atoms with Crippen molar-refractivity contribution in [3.63, 3.8) is 0 Å². The van der Waals surface area contributed by atoms with Gasteiger partial charge in [0.2, 0.25) is 0 Å². The normalized spacial score (nSPS) is 21.9. The van der Waals surface area contributed by atoms with E-state index in [1.54, 1.807) is 14.2 Å². The fraction of sp³-hybridized carbons (Fsp3) is 0.440. The maximum absolute atomic E-state index is 5.55. The highest BCUT2D eigenvalue weighted by molar-refractivity contribution is 5.49. The van der Waals surface area contributed by atoms with Crippen molar-refractivity contribution in [3.05, 3.63) is 71.3 Å². The second-order valence-electron chi connectivity index (χ2n) is 7.98. The van der Waals surface area contributed by atoms with E-state index in [0.717, 1.165) is 36.9 Å². The lowest BCUT2D eigenvalue weighted by molar-refractivity contribution is 0.161. The molecule has 0 fully saturated rings. The number of benzene rings is 2. The monoisotopic (exact) mass is 377 g/mol. The summed E-state index contributed by atoms with van der Waals surface area (Å²) in [5.41, 5.74) is 4.14. The van der Waals surface area contributed by atoms with Crippen LogP contribution < -0.4 is 9.47 Å². The summed E-state index contributed by atoms with van der Waals surface area (Å²) in [6, 6.07) is 15.7. The van der Waals surface area contributed by atoms with Crippen LogP contribution in [0.1, 0.15) is 48.4 Å². The van der Waals surface area contributed by atoms with Crippen LogP contribution in [0.25, 0.3) is 0 Å². The zero-order chi connectivity index (χ0) is 19.3. The number of fused-ring (bicyclic) bond motifs is 1. The minimum Gasteiger partial charge on any atom is -0.493 e. The Kier molecular flexibility index (Phi) is 6.01. The molecule has 2 unspecified atom stereocenters. The molecule has 1 aliphatic carbocycles. The predicted molar refractivity (Wildman–Crippen MR) is 114 cm³/mol. The first-order valence-electron chi connectivity index (χ1n) is 10.5. The number of hydrogen-bond acceptors (Lipinski definition) is 3. The molecule has 2 aliphatic rings. The van der Waals surface area contributed by atoms with Gasteiger partial charge in [-0.2, -0.15) is 0 Å². The Morgan fingerprint density at radius 2 is 1.75 bits per heavy atom. The summed E-state index contributed by atoms with van der Waals surface area (Å²) in [5, 5.41) is 0. The quantitative estimate of drug-likeness (QED) is 0.616. The Labute approximate surface area is 169 Å². The fourth-order valence-electron chi connectivity index (χ4n) is 4.66. The van der Waals surface area contributed by atoms with Gasteiger partial charge < -0.3 is 9.47 Å². The van der Waals surface area contributed by atoms with Crippen LogP contribution in [0.2, 0.25) is 0 Å². The van der Waals surface area contributed by atoms with Gasteiger partial charge in [0, 0.05) is 12.6 Å². The van der Waals surface area contributed by atoms with Crippen molar-refractivity contribution in [3.8, 4) is 11.5 Å². The minimum atomic E-state index is 0.416. The molecule has 2 aromatic carbocycles. The van der Waals surface area contributed by atoms with Crippen LogP contribution in [0.3, 0.4) is 0 Å². The van der Waals surface area contributed by atoms with Crippen molar-refractivity contribution >= 4 is 0 Å². The van der Waals surface area contributed by atoms with E-state index in [0.29, 0.717) is 6.04 Å². The number of nitrogens with zero attached hydrogens (tertiary/aromatic N) is 1. The summed E-state index contributed by atoms with van der Waals surface area (Å²) in [6.45, 7) is 2.09. The highest BCUT2D eigenvalue weighted by atomic mass is 16.5. The van der Waals surface area contributed by atoms with E-state index in [1.165, 1.54) is 42.4 Å². The molecule has 3 nitrogen and oxygen atoms in total. The van der Waals surface area contributed by atoms with Gasteiger partial charge in [0.05, 0.1) is 14.2 Å². The number of methoxy groups -OCH3 is 2. The summed E-state index contributed by atoms with van der Waals surface area (Å²) in [7, 11) is 3.43. The molecule has 0 saturated heterocycles. The largest absolute Gasteiger partial charge is 0.493 e. The third-order valence-electron chi connectivity index (χ3n) is 6.26. The molecule has 148 valence electrons. The van der Waals surface area contributed by atoms with Gasteiger partial charge in [-0.25, -0.2) is 0 Å². The molecule has 4 rings (SSSR count). The Hall–Kier alpha value is -2.26. The van der Waals surface area contributed by atoms with E-state index in [-0.39, 0.29) is 0 Å². The van der Waals surface area contributed by atoms with Gasteiger partial charge in [0.15, 0.2) is 11.5 Å². The molecule has 0 saturated carbocycles. The Balaban J connectivity index is 1.60. The van der Waals surface area contributed by atoms with E-state index >= 15 is 0 Å². The van der Waals surface area contributed by atoms with Crippen LogP contribution in [-0.2, 0) is 13.0 Å². The van der Waals surface area contributed by atoms with Gasteiger partial charge in [0.25, 0.3) is 0 Å². The third-order valence-corrected chi connectivity index (χ3v) is 6.26. The first-order chi connectivity index (χ1) is 13.8. The first kappa shape index (κ1) is 19.1. The van der Waals surface area contributed by atoms with Crippen LogP contribution >= 0.6 is 0 Å². The molecule has 1 aliphatic heterocycles. The van der Waals surface area contributed by atoms with Crippen LogP contribution in [-0.4, -0.2) is 25.7 Å². The van der Waals surface area contributed by atoms with Crippen molar-refractivity contribution in [2.24, 2.45) is 5.92 Å². The SMILES string of the molecule is COc1cc2c(cc1OC)CN(CCC1C=CCCC1)C(c1ccccc1)C2. The number of allylic oxidation sites excluding steroid dienone is 2. The molecule has 2 atom stereocenters. The first-order valence-corrected chi connectivity index (χ1v) is 10.5. The van der Waals surface area contributed by atoms with Crippen molar-refractivity contribution in [2.45, 2.75) is 44.7 Å². The Bertz CT molecular complexity index is 815. The van der Waals surface area contributed by atoms with Gasteiger partial charge >= 0.3 is 0 Å². The lowest BCUT2D eigenvalue weighted by atomic mass is 9.88. The number of rotatable bonds is 6. The molecular weight excluding hydrogens is 346 g/mol. The van der Waals surface area contributed by atoms with E-state index in [2.05, 4.69) is 59.5 Å². The van der Waals surface area contributed by atoms with Gasteiger partial charge in [-0.1, -0.05) is 42.5 Å². The maximum atomic E-state index is 5.55. The van der Waals surface area contributed by atoms with Crippen molar-refractivity contribution in [1.29, 1.82) is 0 Å². The second kappa shape index (κ2) is 8.83. The van der Waals surface area contributed by atoms with Crippen molar-refractivity contribution in [1.82, 2.24) is 4.90 Å². The molecule has 0 spiro atoms. The molecule has 0 aromatic heterocycles. The van der Waals surface area contributed by atoms with Crippen molar-refractivity contribution in [2.75, 3.05) is 20.8 Å². The molecule has 0 N–H and O–H groups in total. The lowest BCUT2D eigenvalue weighted by Gasteiger charge is -2.38. The average molecular weight is 378 g/mol. The molecule has 2 aromatic rings. The van der Waals surface area contributed by atoms with Gasteiger partial charge in [-0.15, -0.1) is 0 Å². The lowest BCUT2D eigenvalue weighted by Crippen LogP contribution is -2.35. The van der Waals surface area contributed by atoms with Gasteiger partial charge in [0.1, 0.15) is 0 Å². The second-order valence-corrected chi connectivity index (χ2v) is 7.98. The standard InChI is InChI=1S/C25H31NO2/c1-27-24-16-21-15-23(20-11-7-4-8-12-20)26(18-22(21)17-25(24)28-2)14-13-19-9-5-3-6-10-19/h4-5,7-9,11-12,16-17,19,23H,3,6,10,13-15,18H2,1-2H3. The minimum absolute atomic E-state index is 0.416. The number of hydrogen-bond donors (Lipinski definition) is 0. The third kappa shape index (κ3) is 4.10. The zero-order valence-corrected chi connectivity index (χ0v) is 17.1. The summed E-state index contributed by atoms with van der Waals surface area (Å²) in [6.07, 6.45) is 11.0. The van der Waals surface area contributed by atoms with E-state index < -0.39 is 0 Å². The highest BCUT2D eigenvalue weighted by Crippen LogP contribution is 2.39. The van der Waals surface area contributed by atoms with Crippen molar-refractivity contribution < 1.29 is 9.47 Å². The fourth-order valence-corrected chi connectivity index (χ4v) is 4.66. The zero-order valence-electron chi connectivity index (χ0n) is 17.1. The molecule has 3 heteroatoms. The number of ether oxygens (including phenoxy) is 2. The summed E-state index contributed by atoms with van der Waals surface area (Å²) in [5.74, 6) is 2.39. The summed E-state index contributed by atoms with van der Waals surface area (Å²) < 4.78 is 11.1. The Morgan fingerprint density at radius 1 is 1.00 bits per heavy atom. The smallest absolute Gasteiger partial charge is 0.161 e. The topological polar surface area (TPSA) is 21.7 Å². The predicted octanol–water partition coefficient (Wildman–Crippen LogP) is 5.55. The molecule has 28 heavy (non-hydrogen) atoms. The molecule has 0 radical (unpaired) electrons. The van der Waals surface area contributed by atoms with E-state index in [9.17, 15) is 0 Å². The van der Waals surface area contributed by atoms with Crippen LogP contribution in [0, 0.1) is 5.92 Å². The van der Waals surface area contributed by atoms with Gasteiger partial charge in [-0.3, -0.25) is 4.90 Å². The Morgan fingerprint density at radius 3 is 2.43 bits per heavy atom. The molecule has 1 heterocycles. The highest BCUT2D eigenvalue weighted by Gasteiger charge is 2.29. The molecule has 0 amide bonds.